The first kappa shape index (κ1) is 24.2. The number of nitrogens with one attached hydrogen (secondary N) is 1. The molecule has 2 aliphatic rings. The Kier molecular flexibility index (Phi) is 6.45. The highest BCUT2D eigenvalue weighted by Gasteiger charge is 2.37. The molecule has 5 amide bonds. The molecule has 0 spiro atoms. The number of thioether (sulfide) groups is 1. The van der Waals surface area contributed by atoms with Crippen LogP contribution in [0.3, 0.4) is 0 Å². The predicted molar refractivity (Wildman–Crippen MR) is 140 cm³/mol. The molecule has 2 heterocycles. The number of carbonyl (C=O) groups is 5. The summed E-state index contributed by atoms with van der Waals surface area (Å²) in [6, 6.07) is 20.3. The van der Waals surface area contributed by atoms with Crippen LogP contribution in [0.5, 0.6) is 0 Å². The van der Waals surface area contributed by atoms with Gasteiger partial charge >= 0.3 is 0 Å². The number of hydrogen-bond donors (Lipinski definition) is 1. The van der Waals surface area contributed by atoms with E-state index in [9.17, 15) is 24.0 Å². The van der Waals surface area contributed by atoms with Crippen LogP contribution in [-0.4, -0.2) is 46.9 Å². The lowest BCUT2D eigenvalue weighted by Crippen LogP contribution is -2.37. The molecule has 2 aliphatic heterocycles. The molecular formula is C28H21N3O5S. The Balaban J connectivity index is 1.22. The Morgan fingerprint density at radius 2 is 1.54 bits per heavy atom. The van der Waals surface area contributed by atoms with Crippen LogP contribution in [0.1, 0.15) is 42.2 Å². The summed E-state index contributed by atoms with van der Waals surface area (Å²) >= 11 is 0.864. The van der Waals surface area contributed by atoms with E-state index in [1.807, 2.05) is 31.2 Å². The molecular weight excluding hydrogens is 490 g/mol. The fourth-order valence-electron chi connectivity index (χ4n) is 4.10. The first-order valence-corrected chi connectivity index (χ1v) is 12.3. The van der Waals surface area contributed by atoms with Gasteiger partial charge in [0.1, 0.15) is 0 Å². The van der Waals surface area contributed by atoms with Gasteiger partial charge in [-0.25, -0.2) is 4.90 Å². The highest BCUT2D eigenvalue weighted by atomic mass is 32.2. The minimum Gasteiger partial charge on any atom is -0.350 e. The highest BCUT2D eigenvalue weighted by Crippen LogP contribution is 2.32. The number of anilines is 1. The number of nitrogens with zero attached hydrogens (tertiary/aromatic N) is 2. The van der Waals surface area contributed by atoms with Crippen LogP contribution in [0, 0.1) is 6.92 Å². The largest absolute Gasteiger partial charge is 0.350 e. The second kappa shape index (κ2) is 9.87. The van der Waals surface area contributed by atoms with Crippen molar-refractivity contribution < 1.29 is 24.0 Å². The molecule has 0 radical (unpaired) electrons. The molecule has 1 N–H and O–H groups in total. The van der Waals surface area contributed by atoms with E-state index in [2.05, 4.69) is 5.32 Å². The number of amides is 5. The molecule has 3 aromatic carbocycles. The zero-order valence-corrected chi connectivity index (χ0v) is 20.6. The van der Waals surface area contributed by atoms with E-state index in [1.165, 1.54) is 6.07 Å². The summed E-state index contributed by atoms with van der Waals surface area (Å²) in [5, 5.41) is 2.30. The fraction of sp³-hybridized carbons (Fsp3) is 0.107. The minimum atomic E-state index is -0.458. The lowest BCUT2D eigenvalue weighted by molar-refractivity contribution is -0.122. The molecule has 1 fully saturated rings. The maximum absolute atomic E-state index is 12.8. The van der Waals surface area contributed by atoms with Gasteiger partial charge in [-0.05, 0) is 60.7 Å². The van der Waals surface area contributed by atoms with Crippen molar-refractivity contribution in [3.05, 3.63) is 106 Å². The van der Waals surface area contributed by atoms with Crippen LogP contribution in [0.15, 0.2) is 77.7 Å². The quantitative estimate of drug-likeness (QED) is 0.392. The van der Waals surface area contributed by atoms with Crippen LogP contribution in [0.4, 0.5) is 10.5 Å². The second-order valence-corrected chi connectivity index (χ2v) is 9.53. The summed E-state index contributed by atoms with van der Waals surface area (Å²) in [4.78, 5) is 65.8. The molecule has 0 aliphatic carbocycles. The van der Waals surface area contributed by atoms with Crippen LogP contribution < -0.4 is 10.2 Å². The molecule has 0 aromatic heterocycles. The summed E-state index contributed by atoms with van der Waals surface area (Å²) in [6.45, 7) is 2.03. The number of aryl methyl sites for hydroxylation is 1. The third-order valence-electron chi connectivity index (χ3n) is 6.03. The van der Waals surface area contributed by atoms with Gasteiger partial charge in [-0.2, -0.15) is 0 Å². The van der Waals surface area contributed by atoms with Crippen molar-refractivity contribution in [3.8, 4) is 0 Å². The summed E-state index contributed by atoms with van der Waals surface area (Å²) < 4.78 is 0. The van der Waals surface area contributed by atoms with Crippen molar-refractivity contribution in [2.75, 3.05) is 18.0 Å². The lowest BCUT2D eigenvalue weighted by atomic mass is 10.1. The lowest BCUT2D eigenvalue weighted by Gasteiger charge is -2.16. The standard InChI is InChI=1S/C28H21N3O5S/c1-17-9-11-18(12-10-17)15-23-27(35)30(28(36)37-23)14-13-29-24(32)19-5-4-6-20(16-19)31-25(33)21-7-2-3-8-22(21)26(31)34/h2-12,15-16H,13-14H2,1H3,(H,29,32). The number of fused-ring (bicyclic) bond motifs is 1. The fourth-order valence-corrected chi connectivity index (χ4v) is 4.97. The molecule has 37 heavy (non-hydrogen) atoms. The summed E-state index contributed by atoms with van der Waals surface area (Å²) in [5.74, 6) is -1.76. The van der Waals surface area contributed by atoms with E-state index in [0.717, 1.165) is 32.7 Å². The van der Waals surface area contributed by atoms with Crippen molar-refractivity contribution in [2.24, 2.45) is 0 Å². The predicted octanol–water partition coefficient (Wildman–Crippen LogP) is 4.26. The van der Waals surface area contributed by atoms with Gasteiger partial charge in [0.05, 0.1) is 21.7 Å². The molecule has 8 nitrogen and oxygen atoms in total. The van der Waals surface area contributed by atoms with Crippen molar-refractivity contribution in [3.63, 3.8) is 0 Å². The molecule has 0 unspecified atom stereocenters. The third-order valence-corrected chi connectivity index (χ3v) is 6.94. The molecule has 0 atom stereocenters. The average molecular weight is 512 g/mol. The summed E-state index contributed by atoms with van der Waals surface area (Å²) in [7, 11) is 0. The summed E-state index contributed by atoms with van der Waals surface area (Å²) in [5.41, 5.74) is 3.07. The van der Waals surface area contributed by atoms with Crippen molar-refractivity contribution >= 4 is 52.4 Å². The molecule has 9 heteroatoms. The monoisotopic (exact) mass is 511 g/mol. The first-order valence-electron chi connectivity index (χ1n) is 11.5. The number of carbonyl (C=O) groups excluding carboxylic acids is 5. The number of hydrogen-bond acceptors (Lipinski definition) is 6. The normalized spacial score (nSPS) is 16.1. The molecule has 0 saturated carbocycles. The minimum absolute atomic E-state index is 0.0136. The Labute approximate surface area is 216 Å². The van der Waals surface area contributed by atoms with Gasteiger partial charge in [-0.3, -0.25) is 28.9 Å². The molecule has 184 valence electrons. The summed E-state index contributed by atoms with van der Waals surface area (Å²) in [6.07, 6.45) is 1.67. The van der Waals surface area contributed by atoms with Gasteiger partial charge in [0.2, 0.25) is 0 Å². The Bertz CT molecular complexity index is 1460. The van der Waals surface area contributed by atoms with Crippen LogP contribution >= 0.6 is 11.8 Å². The van der Waals surface area contributed by atoms with E-state index in [1.54, 1.807) is 48.5 Å². The van der Waals surface area contributed by atoms with Gasteiger partial charge in [0.25, 0.3) is 28.9 Å². The zero-order chi connectivity index (χ0) is 26.1. The van der Waals surface area contributed by atoms with Crippen LogP contribution in [0.25, 0.3) is 6.08 Å². The van der Waals surface area contributed by atoms with Crippen LogP contribution in [0.2, 0.25) is 0 Å². The van der Waals surface area contributed by atoms with E-state index < -0.39 is 28.9 Å². The molecule has 3 aromatic rings. The van der Waals surface area contributed by atoms with Gasteiger partial charge in [-0.1, -0.05) is 48.0 Å². The number of rotatable bonds is 6. The Morgan fingerprint density at radius 1 is 0.865 bits per heavy atom. The maximum Gasteiger partial charge on any atom is 0.293 e. The van der Waals surface area contributed by atoms with Gasteiger partial charge in [-0.15, -0.1) is 0 Å². The Morgan fingerprint density at radius 3 is 2.22 bits per heavy atom. The third kappa shape index (κ3) is 4.68. The van der Waals surface area contributed by atoms with Crippen molar-refractivity contribution in [1.82, 2.24) is 10.2 Å². The SMILES string of the molecule is Cc1ccc(C=C2SC(=O)N(CCNC(=O)c3cccc(N4C(=O)c5ccccc5C4=O)c3)C2=O)cc1. The van der Waals surface area contributed by atoms with Gasteiger partial charge in [0.15, 0.2) is 0 Å². The van der Waals surface area contributed by atoms with E-state index in [4.69, 9.17) is 0 Å². The average Bonchev–Trinajstić information content (AvgIpc) is 3.32. The van der Waals surface area contributed by atoms with Crippen molar-refractivity contribution in [2.45, 2.75) is 6.92 Å². The van der Waals surface area contributed by atoms with Gasteiger partial charge in [0, 0.05) is 18.7 Å². The van der Waals surface area contributed by atoms with Gasteiger partial charge < -0.3 is 5.32 Å². The first-order chi connectivity index (χ1) is 17.8. The Hall–Kier alpha value is -4.50. The maximum atomic E-state index is 12.8. The van der Waals surface area contributed by atoms with E-state index in [0.29, 0.717) is 16.0 Å². The topological polar surface area (TPSA) is 104 Å². The highest BCUT2D eigenvalue weighted by molar-refractivity contribution is 8.18. The number of benzene rings is 3. The zero-order valence-electron chi connectivity index (χ0n) is 19.8. The second-order valence-electron chi connectivity index (χ2n) is 8.54. The molecule has 5 rings (SSSR count). The van der Waals surface area contributed by atoms with E-state index in [-0.39, 0.29) is 24.3 Å². The number of imide groups is 2. The van der Waals surface area contributed by atoms with Crippen molar-refractivity contribution in [1.29, 1.82) is 0 Å². The van der Waals surface area contributed by atoms with Crippen LogP contribution in [-0.2, 0) is 4.79 Å². The molecule has 0 bridgehead atoms. The van der Waals surface area contributed by atoms with E-state index >= 15 is 0 Å². The smallest absolute Gasteiger partial charge is 0.293 e. The molecule has 1 saturated heterocycles.